The predicted molar refractivity (Wildman–Crippen MR) is 73.8 cm³/mol. The van der Waals surface area contributed by atoms with Crippen LogP contribution in [0.15, 0.2) is 36.4 Å². The molecule has 0 aliphatic carbocycles. The quantitative estimate of drug-likeness (QED) is 0.628. The Morgan fingerprint density at radius 2 is 1.94 bits per heavy atom. The maximum absolute atomic E-state index is 5.69. The highest BCUT2D eigenvalue weighted by molar-refractivity contribution is 5.87. The lowest BCUT2D eigenvalue weighted by Crippen LogP contribution is -2.08. The largest absolute Gasteiger partial charge is 0.467 e. The molecular weight excluding hydrogens is 226 g/mol. The van der Waals surface area contributed by atoms with E-state index in [4.69, 9.17) is 15.2 Å². The molecule has 0 aliphatic heterocycles. The van der Waals surface area contributed by atoms with Crippen LogP contribution < -0.4 is 10.5 Å². The van der Waals surface area contributed by atoms with Crippen molar-refractivity contribution in [1.29, 1.82) is 0 Å². The van der Waals surface area contributed by atoms with Crippen molar-refractivity contribution >= 4 is 10.8 Å². The van der Waals surface area contributed by atoms with E-state index in [0.29, 0.717) is 13.2 Å². The maximum Gasteiger partial charge on any atom is 0.189 e. The van der Waals surface area contributed by atoms with E-state index in [-0.39, 0.29) is 6.79 Å². The number of hydrogen-bond donors (Lipinski definition) is 1. The molecule has 0 saturated carbocycles. The van der Waals surface area contributed by atoms with Crippen LogP contribution >= 0.6 is 0 Å². The molecule has 3 nitrogen and oxygen atoms in total. The van der Waals surface area contributed by atoms with Crippen LogP contribution in [-0.2, 0) is 11.2 Å². The smallest absolute Gasteiger partial charge is 0.189 e. The lowest BCUT2D eigenvalue weighted by atomic mass is 10.0. The Balaban J connectivity index is 2.35. The molecule has 0 amide bonds. The summed E-state index contributed by atoms with van der Waals surface area (Å²) in [5, 5.41) is 2.42. The van der Waals surface area contributed by atoms with Gasteiger partial charge in [0.1, 0.15) is 5.75 Å². The second-order valence-electron chi connectivity index (χ2n) is 4.06. The van der Waals surface area contributed by atoms with E-state index in [1.165, 1.54) is 10.8 Å². The van der Waals surface area contributed by atoms with Crippen molar-refractivity contribution in [3.63, 3.8) is 0 Å². The van der Waals surface area contributed by atoms with Gasteiger partial charge in [-0.2, -0.15) is 0 Å². The first kappa shape index (κ1) is 12.9. The first-order chi connectivity index (χ1) is 8.86. The zero-order valence-corrected chi connectivity index (χ0v) is 10.7. The van der Waals surface area contributed by atoms with Gasteiger partial charge in [0.25, 0.3) is 0 Å². The van der Waals surface area contributed by atoms with Crippen LogP contribution in [-0.4, -0.2) is 19.9 Å². The monoisotopic (exact) mass is 245 g/mol. The zero-order chi connectivity index (χ0) is 12.8. The van der Waals surface area contributed by atoms with Gasteiger partial charge in [-0.3, -0.25) is 0 Å². The highest BCUT2D eigenvalue weighted by atomic mass is 16.7. The molecule has 2 aromatic rings. The molecule has 0 unspecified atom stereocenters. The molecule has 0 bridgehead atoms. The first-order valence-electron chi connectivity index (χ1n) is 6.28. The highest BCUT2D eigenvalue weighted by Crippen LogP contribution is 2.28. The minimum atomic E-state index is 0.284. The van der Waals surface area contributed by atoms with Crippen LogP contribution in [0.4, 0.5) is 0 Å². The minimum absolute atomic E-state index is 0.284. The van der Waals surface area contributed by atoms with E-state index >= 15 is 0 Å². The lowest BCUT2D eigenvalue weighted by Gasteiger charge is -2.13. The standard InChI is InChI=1S/C15H19NO2/c1-2-17-11-18-15-8-7-12-5-3-4-6-13(12)14(15)9-10-16/h3-8H,2,9-11,16H2,1H3. The maximum atomic E-state index is 5.69. The molecule has 0 saturated heterocycles. The SMILES string of the molecule is CCOCOc1ccc2ccccc2c1CCN. The van der Waals surface area contributed by atoms with Crippen molar-refractivity contribution in [1.82, 2.24) is 0 Å². The Bertz CT molecular complexity index is 511. The summed E-state index contributed by atoms with van der Waals surface area (Å²) in [4.78, 5) is 0. The van der Waals surface area contributed by atoms with E-state index in [0.717, 1.165) is 17.7 Å². The van der Waals surface area contributed by atoms with Crippen molar-refractivity contribution in [3.05, 3.63) is 42.0 Å². The summed E-state index contributed by atoms with van der Waals surface area (Å²) in [7, 11) is 0. The number of rotatable bonds is 6. The molecule has 18 heavy (non-hydrogen) atoms. The summed E-state index contributed by atoms with van der Waals surface area (Å²) in [6.45, 7) is 3.50. The molecule has 0 aromatic heterocycles. The summed E-state index contributed by atoms with van der Waals surface area (Å²) in [6, 6.07) is 12.3. The second kappa shape index (κ2) is 6.38. The molecule has 3 heteroatoms. The Kier molecular flexibility index (Phi) is 4.56. The molecule has 0 atom stereocenters. The number of nitrogens with two attached hydrogens (primary N) is 1. The summed E-state index contributed by atoms with van der Waals surface area (Å²) in [5.41, 5.74) is 6.85. The summed E-state index contributed by atoms with van der Waals surface area (Å²) in [6.07, 6.45) is 0.808. The fourth-order valence-corrected chi connectivity index (χ4v) is 2.04. The number of benzene rings is 2. The van der Waals surface area contributed by atoms with E-state index in [2.05, 4.69) is 18.2 Å². The topological polar surface area (TPSA) is 44.5 Å². The third kappa shape index (κ3) is 2.81. The minimum Gasteiger partial charge on any atom is -0.467 e. The third-order valence-corrected chi connectivity index (χ3v) is 2.89. The van der Waals surface area contributed by atoms with Gasteiger partial charge in [0, 0.05) is 12.2 Å². The highest BCUT2D eigenvalue weighted by Gasteiger charge is 2.07. The molecule has 2 aromatic carbocycles. The van der Waals surface area contributed by atoms with Gasteiger partial charge >= 0.3 is 0 Å². The molecular formula is C15H19NO2. The molecule has 0 fully saturated rings. The predicted octanol–water partition coefficient (Wildman–Crippen LogP) is 2.71. The molecule has 0 spiro atoms. The van der Waals surface area contributed by atoms with Gasteiger partial charge in [-0.05, 0) is 36.7 Å². The molecule has 0 radical (unpaired) electrons. The van der Waals surface area contributed by atoms with Gasteiger partial charge in [-0.25, -0.2) is 0 Å². The third-order valence-electron chi connectivity index (χ3n) is 2.89. The number of hydrogen-bond acceptors (Lipinski definition) is 3. The van der Waals surface area contributed by atoms with E-state index in [9.17, 15) is 0 Å². The molecule has 0 aliphatic rings. The Morgan fingerprint density at radius 1 is 1.11 bits per heavy atom. The van der Waals surface area contributed by atoms with Crippen molar-refractivity contribution in [2.75, 3.05) is 19.9 Å². The normalized spacial score (nSPS) is 10.8. The van der Waals surface area contributed by atoms with Crippen molar-refractivity contribution in [2.24, 2.45) is 5.73 Å². The van der Waals surface area contributed by atoms with Crippen molar-refractivity contribution < 1.29 is 9.47 Å². The van der Waals surface area contributed by atoms with Gasteiger partial charge in [0.05, 0.1) is 0 Å². The van der Waals surface area contributed by atoms with E-state index in [1.807, 2.05) is 25.1 Å². The van der Waals surface area contributed by atoms with Crippen LogP contribution in [0.1, 0.15) is 12.5 Å². The lowest BCUT2D eigenvalue weighted by molar-refractivity contribution is 0.0219. The van der Waals surface area contributed by atoms with Gasteiger partial charge in [-0.1, -0.05) is 30.3 Å². The molecule has 0 heterocycles. The van der Waals surface area contributed by atoms with Crippen LogP contribution in [0, 0.1) is 0 Å². The van der Waals surface area contributed by atoms with Gasteiger partial charge in [0.15, 0.2) is 6.79 Å². The molecule has 2 rings (SSSR count). The van der Waals surface area contributed by atoms with Gasteiger partial charge < -0.3 is 15.2 Å². The Morgan fingerprint density at radius 3 is 2.72 bits per heavy atom. The fourth-order valence-electron chi connectivity index (χ4n) is 2.04. The average Bonchev–Trinajstić information content (AvgIpc) is 2.41. The van der Waals surface area contributed by atoms with Crippen LogP contribution in [0.3, 0.4) is 0 Å². The van der Waals surface area contributed by atoms with Crippen molar-refractivity contribution in [3.8, 4) is 5.75 Å². The summed E-state index contributed by atoms with van der Waals surface area (Å²) in [5.74, 6) is 0.868. The summed E-state index contributed by atoms with van der Waals surface area (Å²) < 4.78 is 10.9. The van der Waals surface area contributed by atoms with Gasteiger partial charge in [0.2, 0.25) is 0 Å². The van der Waals surface area contributed by atoms with Crippen LogP contribution in [0.5, 0.6) is 5.75 Å². The second-order valence-corrected chi connectivity index (χ2v) is 4.06. The fraction of sp³-hybridized carbons (Fsp3) is 0.333. The first-order valence-corrected chi connectivity index (χ1v) is 6.28. The Hall–Kier alpha value is -1.58. The van der Waals surface area contributed by atoms with Crippen LogP contribution in [0.25, 0.3) is 10.8 Å². The average molecular weight is 245 g/mol. The molecule has 2 N–H and O–H groups in total. The number of ether oxygens (including phenoxy) is 2. The van der Waals surface area contributed by atoms with E-state index < -0.39 is 0 Å². The van der Waals surface area contributed by atoms with Crippen LogP contribution in [0.2, 0.25) is 0 Å². The van der Waals surface area contributed by atoms with E-state index in [1.54, 1.807) is 0 Å². The summed E-state index contributed by atoms with van der Waals surface area (Å²) >= 11 is 0. The Labute approximate surface area is 108 Å². The molecule has 96 valence electrons. The zero-order valence-electron chi connectivity index (χ0n) is 10.7. The van der Waals surface area contributed by atoms with Crippen molar-refractivity contribution in [2.45, 2.75) is 13.3 Å². The number of fused-ring (bicyclic) bond motifs is 1. The van der Waals surface area contributed by atoms with Gasteiger partial charge in [-0.15, -0.1) is 0 Å².